The Morgan fingerprint density at radius 3 is 2.75 bits per heavy atom. The molecule has 1 rings (SSSR count). The van der Waals surface area contributed by atoms with Gasteiger partial charge in [-0.15, -0.1) is 0 Å². The monoisotopic (exact) mass is 283 g/mol. The molecule has 1 aromatic rings. The Hall–Kier alpha value is -1.14. The Balaban J connectivity index is 2.32. The maximum atomic E-state index is 9.77. The van der Waals surface area contributed by atoms with Crippen LogP contribution in [0.5, 0.6) is 5.75 Å². The number of nitrogens with one attached hydrogen (secondary N) is 1. The van der Waals surface area contributed by atoms with Gasteiger partial charge in [-0.05, 0) is 12.6 Å². The molecule has 2 N–H and O–H groups in total. The number of aliphatic hydroxyl groups excluding tert-OH is 1. The molecule has 0 radical (unpaired) electrons. The van der Waals surface area contributed by atoms with Crippen LogP contribution in [0.4, 0.5) is 0 Å². The molecule has 0 saturated carbocycles. The molecule has 0 aromatic heterocycles. The summed E-state index contributed by atoms with van der Waals surface area (Å²) in [4.78, 5) is 0. The summed E-state index contributed by atoms with van der Waals surface area (Å²) in [6, 6.07) is 7.82. The van der Waals surface area contributed by atoms with E-state index in [1.165, 1.54) is 0 Å². The summed E-state index contributed by atoms with van der Waals surface area (Å²) in [6.45, 7) is 5.19. The number of para-hydroxylation sites is 1. The highest BCUT2D eigenvalue weighted by Gasteiger charge is 2.08. The molecule has 0 aliphatic heterocycles. The summed E-state index contributed by atoms with van der Waals surface area (Å²) < 4.78 is 15.8. The minimum Gasteiger partial charge on any atom is -0.490 e. The first-order chi connectivity index (χ1) is 9.77. The van der Waals surface area contributed by atoms with E-state index >= 15 is 0 Å². The molecular formula is C15H25NO4. The van der Waals surface area contributed by atoms with Crippen molar-refractivity contribution in [3.05, 3.63) is 29.8 Å². The van der Waals surface area contributed by atoms with Crippen molar-refractivity contribution in [2.45, 2.75) is 19.6 Å². The van der Waals surface area contributed by atoms with Crippen LogP contribution in [0.1, 0.15) is 12.5 Å². The molecular weight excluding hydrogens is 258 g/mol. The second kappa shape index (κ2) is 10.6. The van der Waals surface area contributed by atoms with Gasteiger partial charge in [0.05, 0.1) is 19.8 Å². The lowest BCUT2D eigenvalue weighted by molar-refractivity contribution is -0.00432. The van der Waals surface area contributed by atoms with E-state index in [9.17, 15) is 5.11 Å². The van der Waals surface area contributed by atoms with Crippen molar-refractivity contribution in [2.75, 3.05) is 40.1 Å². The average Bonchev–Trinajstić information content (AvgIpc) is 2.48. The second-order valence-corrected chi connectivity index (χ2v) is 4.42. The molecule has 0 spiro atoms. The lowest BCUT2D eigenvalue weighted by atomic mass is 10.2. The van der Waals surface area contributed by atoms with E-state index in [4.69, 9.17) is 14.2 Å². The van der Waals surface area contributed by atoms with Crippen LogP contribution in [0.25, 0.3) is 0 Å². The fourth-order valence-corrected chi connectivity index (χ4v) is 1.65. The van der Waals surface area contributed by atoms with Crippen molar-refractivity contribution >= 4 is 0 Å². The molecule has 0 aliphatic carbocycles. The maximum Gasteiger partial charge on any atom is 0.123 e. The maximum absolute atomic E-state index is 9.77. The van der Waals surface area contributed by atoms with Crippen molar-refractivity contribution in [1.29, 1.82) is 0 Å². The normalized spacial score (nSPS) is 12.3. The molecule has 5 nitrogen and oxygen atoms in total. The molecule has 0 aliphatic rings. The number of benzene rings is 1. The number of ether oxygens (including phenoxy) is 3. The topological polar surface area (TPSA) is 60.0 Å². The third-order valence-corrected chi connectivity index (χ3v) is 2.71. The van der Waals surface area contributed by atoms with Gasteiger partial charge in [0.15, 0.2) is 0 Å². The highest BCUT2D eigenvalue weighted by atomic mass is 16.5. The van der Waals surface area contributed by atoms with Gasteiger partial charge in [-0.2, -0.15) is 0 Å². The average molecular weight is 283 g/mol. The Labute approximate surface area is 120 Å². The molecule has 1 aromatic carbocycles. The van der Waals surface area contributed by atoms with Crippen LogP contribution in [0, 0.1) is 0 Å². The molecule has 114 valence electrons. The molecule has 0 fully saturated rings. The summed E-state index contributed by atoms with van der Waals surface area (Å²) in [6.07, 6.45) is -0.640. The van der Waals surface area contributed by atoms with Crippen molar-refractivity contribution in [2.24, 2.45) is 0 Å². The smallest absolute Gasteiger partial charge is 0.123 e. The molecule has 0 amide bonds. The minimum absolute atomic E-state index is 0.218. The first-order valence-corrected chi connectivity index (χ1v) is 6.94. The van der Waals surface area contributed by atoms with E-state index in [-0.39, 0.29) is 13.2 Å². The van der Waals surface area contributed by atoms with E-state index in [1.807, 2.05) is 24.3 Å². The molecule has 0 heterocycles. The predicted molar refractivity (Wildman–Crippen MR) is 78.0 cm³/mol. The van der Waals surface area contributed by atoms with Crippen LogP contribution in [0.2, 0.25) is 0 Å². The highest BCUT2D eigenvalue weighted by molar-refractivity contribution is 5.33. The highest BCUT2D eigenvalue weighted by Crippen LogP contribution is 2.17. The van der Waals surface area contributed by atoms with Gasteiger partial charge in [0.25, 0.3) is 0 Å². The molecule has 5 heteroatoms. The zero-order valence-corrected chi connectivity index (χ0v) is 12.3. The third kappa shape index (κ3) is 6.86. The summed E-state index contributed by atoms with van der Waals surface area (Å²) in [5.74, 6) is 0.796. The molecule has 1 unspecified atom stereocenters. The van der Waals surface area contributed by atoms with Crippen LogP contribution in [-0.4, -0.2) is 51.3 Å². The summed E-state index contributed by atoms with van der Waals surface area (Å²) in [7, 11) is 1.62. The van der Waals surface area contributed by atoms with Crippen molar-refractivity contribution < 1.29 is 19.3 Å². The molecule has 0 bridgehead atoms. The fourth-order valence-electron chi connectivity index (χ4n) is 1.65. The summed E-state index contributed by atoms with van der Waals surface area (Å²) >= 11 is 0. The number of methoxy groups -OCH3 is 1. The number of aliphatic hydroxyl groups is 1. The lowest BCUT2D eigenvalue weighted by Gasteiger charge is -2.15. The van der Waals surface area contributed by atoms with Gasteiger partial charge in [-0.25, -0.2) is 0 Å². The fraction of sp³-hybridized carbons (Fsp3) is 0.600. The van der Waals surface area contributed by atoms with Gasteiger partial charge in [-0.1, -0.05) is 25.1 Å². The minimum atomic E-state index is -0.640. The van der Waals surface area contributed by atoms with Gasteiger partial charge in [0.1, 0.15) is 18.5 Å². The summed E-state index contributed by atoms with van der Waals surface area (Å²) in [5, 5.41) is 13.0. The van der Waals surface area contributed by atoms with Gasteiger partial charge in [0, 0.05) is 19.2 Å². The Kier molecular flexibility index (Phi) is 8.98. The Bertz CT molecular complexity index is 359. The predicted octanol–water partition coefficient (Wildman–Crippen LogP) is 1.20. The quantitative estimate of drug-likeness (QED) is 0.598. The van der Waals surface area contributed by atoms with Gasteiger partial charge in [-0.3, -0.25) is 0 Å². The first-order valence-electron chi connectivity index (χ1n) is 6.94. The molecule has 20 heavy (non-hydrogen) atoms. The van der Waals surface area contributed by atoms with Crippen LogP contribution >= 0.6 is 0 Å². The van der Waals surface area contributed by atoms with Crippen LogP contribution in [-0.2, 0) is 16.0 Å². The number of hydrogen-bond donors (Lipinski definition) is 2. The Morgan fingerprint density at radius 1 is 1.20 bits per heavy atom. The zero-order chi connectivity index (χ0) is 14.6. The van der Waals surface area contributed by atoms with E-state index in [2.05, 4.69) is 12.2 Å². The van der Waals surface area contributed by atoms with Crippen molar-refractivity contribution in [3.63, 3.8) is 0 Å². The Morgan fingerprint density at radius 2 is 2.00 bits per heavy atom. The van der Waals surface area contributed by atoms with Gasteiger partial charge >= 0.3 is 0 Å². The lowest BCUT2D eigenvalue weighted by Crippen LogP contribution is -2.25. The molecule has 1 atom stereocenters. The van der Waals surface area contributed by atoms with E-state index in [0.717, 1.165) is 24.4 Å². The largest absolute Gasteiger partial charge is 0.490 e. The van der Waals surface area contributed by atoms with Crippen LogP contribution in [0.3, 0.4) is 0 Å². The first kappa shape index (κ1) is 16.9. The number of rotatable bonds is 11. The summed E-state index contributed by atoms with van der Waals surface area (Å²) in [5.41, 5.74) is 1.09. The van der Waals surface area contributed by atoms with Gasteiger partial charge < -0.3 is 24.6 Å². The van der Waals surface area contributed by atoms with Crippen LogP contribution in [0.15, 0.2) is 24.3 Å². The van der Waals surface area contributed by atoms with Crippen molar-refractivity contribution in [1.82, 2.24) is 5.32 Å². The van der Waals surface area contributed by atoms with E-state index in [1.54, 1.807) is 7.11 Å². The second-order valence-electron chi connectivity index (χ2n) is 4.42. The van der Waals surface area contributed by atoms with Crippen molar-refractivity contribution in [3.8, 4) is 5.75 Å². The van der Waals surface area contributed by atoms with Crippen LogP contribution < -0.4 is 10.1 Å². The zero-order valence-electron chi connectivity index (χ0n) is 12.3. The van der Waals surface area contributed by atoms with Gasteiger partial charge in [0.2, 0.25) is 0 Å². The SMILES string of the molecule is CCNCc1ccccc1OCC(O)COCCOC. The standard InChI is InChI=1S/C15H25NO4/c1-3-16-10-13-6-4-5-7-15(13)20-12-14(17)11-19-9-8-18-2/h4-7,14,16-17H,3,8-12H2,1-2H3. The third-order valence-electron chi connectivity index (χ3n) is 2.71. The van der Waals surface area contributed by atoms with E-state index < -0.39 is 6.10 Å². The van der Waals surface area contributed by atoms with E-state index in [0.29, 0.717) is 13.2 Å². The molecule has 0 saturated heterocycles. The number of hydrogen-bond acceptors (Lipinski definition) is 5.